The zero-order valence-electron chi connectivity index (χ0n) is 15.1. The van der Waals surface area contributed by atoms with Gasteiger partial charge in [-0.3, -0.25) is 4.79 Å². The van der Waals surface area contributed by atoms with Crippen LogP contribution in [0.5, 0.6) is 0 Å². The first-order valence-electron chi connectivity index (χ1n) is 9.37. The lowest BCUT2D eigenvalue weighted by Crippen LogP contribution is -2.46. The third-order valence-corrected chi connectivity index (χ3v) is 5.04. The van der Waals surface area contributed by atoms with Crippen LogP contribution in [-0.2, 0) is 14.3 Å². The van der Waals surface area contributed by atoms with Gasteiger partial charge in [-0.2, -0.15) is 5.26 Å². The molecule has 0 bridgehead atoms. The normalized spacial score (nSPS) is 19.8. The molecule has 2 amide bonds. The van der Waals surface area contributed by atoms with Crippen LogP contribution < -0.4 is 0 Å². The van der Waals surface area contributed by atoms with E-state index in [0.29, 0.717) is 32.2 Å². The molecule has 0 spiro atoms. The van der Waals surface area contributed by atoms with Crippen LogP contribution in [0.25, 0.3) is 0 Å². The van der Waals surface area contributed by atoms with E-state index in [1.807, 2.05) is 6.92 Å². The number of ether oxygens (including phenoxy) is 2. The number of amides is 2. The van der Waals surface area contributed by atoms with E-state index in [0.717, 1.165) is 17.7 Å². The second kappa shape index (κ2) is 10.2. The topological polar surface area (TPSA) is 82.9 Å². The van der Waals surface area contributed by atoms with Crippen molar-refractivity contribution in [2.45, 2.75) is 58.0 Å². The van der Waals surface area contributed by atoms with Gasteiger partial charge in [0, 0.05) is 13.1 Å². The number of nitriles is 1. The summed E-state index contributed by atoms with van der Waals surface area (Å²) in [5.41, 5.74) is 0. The van der Waals surface area contributed by atoms with Gasteiger partial charge in [0.2, 0.25) is 5.91 Å². The van der Waals surface area contributed by atoms with E-state index in [1.54, 1.807) is 11.1 Å². The highest BCUT2D eigenvalue weighted by molar-refractivity contribution is 5.83. The quantitative estimate of drug-likeness (QED) is 0.542. The average Bonchev–Trinajstić information content (AvgIpc) is 2.66. The Hall–Kier alpha value is -1.81. The van der Waals surface area contributed by atoms with E-state index in [9.17, 15) is 14.9 Å². The number of morpholine rings is 1. The molecule has 2 fully saturated rings. The molecule has 0 radical (unpaired) electrons. The fraction of sp³-hybridized carbons (Fsp3) is 0.833. The van der Waals surface area contributed by atoms with Crippen molar-refractivity contribution in [3.63, 3.8) is 0 Å². The minimum atomic E-state index is -0.716. The van der Waals surface area contributed by atoms with Gasteiger partial charge in [-0.1, -0.05) is 39.0 Å². The molecule has 1 atom stereocenters. The molecule has 7 nitrogen and oxygen atoms in total. The summed E-state index contributed by atoms with van der Waals surface area (Å²) in [6.07, 6.45) is 8.60. The maximum Gasteiger partial charge on any atom is 0.423 e. The molecule has 0 N–H and O–H groups in total. The van der Waals surface area contributed by atoms with Crippen LogP contribution >= 0.6 is 0 Å². The van der Waals surface area contributed by atoms with E-state index >= 15 is 0 Å². The Bertz CT molecular complexity index is 479. The first-order valence-corrected chi connectivity index (χ1v) is 9.37. The van der Waals surface area contributed by atoms with Crippen LogP contribution in [0.2, 0.25) is 0 Å². The third-order valence-electron chi connectivity index (χ3n) is 5.04. The predicted octanol–water partition coefficient (Wildman–Crippen LogP) is 2.51. The summed E-state index contributed by atoms with van der Waals surface area (Å²) in [7, 11) is 0. The lowest BCUT2D eigenvalue weighted by Gasteiger charge is -2.29. The molecule has 0 aromatic rings. The molecule has 0 aromatic carbocycles. The first kappa shape index (κ1) is 19.5. The molecule has 140 valence electrons. The lowest BCUT2D eigenvalue weighted by molar-refractivity contribution is -0.135. The van der Waals surface area contributed by atoms with Crippen molar-refractivity contribution in [2.24, 2.45) is 5.92 Å². The Morgan fingerprint density at radius 1 is 1.28 bits per heavy atom. The molecule has 2 rings (SSSR count). The number of hydrogen-bond donors (Lipinski definition) is 0. The molecule has 1 saturated carbocycles. The Morgan fingerprint density at radius 3 is 2.56 bits per heavy atom. The molecule has 0 aromatic heterocycles. The van der Waals surface area contributed by atoms with Crippen LogP contribution in [0.1, 0.15) is 51.9 Å². The third kappa shape index (κ3) is 6.20. The summed E-state index contributed by atoms with van der Waals surface area (Å²) in [6.45, 7) is 3.68. The summed E-state index contributed by atoms with van der Waals surface area (Å²) >= 11 is 0. The van der Waals surface area contributed by atoms with Crippen molar-refractivity contribution in [2.75, 3.05) is 32.8 Å². The maximum atomic E-state index is 12.3. The largest absolute Gasteiger partial charge is 0.445 e. The number of carbonyl (C=O) groups is 2. The van der Waals surface area contributed by atoms with Crippen molar-refractivity contribution in [1.82, 2.24) is 9.80 Å². The van der Waals surface area contributed by atoms with Crippen molar-refractivity contribution in [3.05, 3.63) is 0 Å². The summed E-state index contributed by atoms with van der Waals surface area (Å²) in [5.74, 6) is 0.346. The zero-order chi connectivity index (χ0) is 18.1. The first-order chi connectivity index (χ1) is 12.1. The maximum absolute atomic E-state index is 12.3. The summed E-state index contributed by atoms with van der Waals surface area (Å²) in [5, 5.41) is 9.23. The van der Waals surface area contributed by atoms with E-state index in [-0.39, 0.29) is 18.6 Å². The van der Waals surface area contributed by atoms with Gasteiger partial charge in [-0.05, 0) is 18.8 Å². The molecule has 1 saturated heterocycles. The SMILES string of the molecule is CC[C@@H](CC1CCCCC1)OC(=O)N(C#N)CC(=O)N1CCOCC1. The van der Waals surface area contributed by atoms with Gasteiger partial charge in [0.25, 0.3) is 0 Å². The van der Waals surface area contributed by atoms with Crippen LogP contribution in [-0.4, -0.2) is 60.8 Å². The van der Waals surface area contributed by atoms with Gasteiger partial charge in [-0.15, -0.1) is 0 Å². The summed E-state index contributed by atoms with van der Waals surface area (Å²) < 4.78 is 10.7. The highest BCUT2D eigenvalue weighted by atomic mass is 16.6. The van der Waals surface area contributed by atoms with E-state index < -0.39 is 6.09 Å². The van der Waals surface area contributed by atoms with Gasteiger partial charge < -0.3 is 14.4 Å². The fourth-order valence-corrected chi connectivity index (χ4v) is 3.49. The van der Waals surface area contributed by atoms with E-state index in [4.69, 9.17) is 9.47 Å². The molecule has 1 aliphatic carbocycles. The monoisotopic (exact) mass is 351 g/mol. The van der Waals surface area contributed by atoms with Gasteiger partial charge >= 0.3 is 6.09 Å². The molecule has 7 heteroatoms. The summed E-state index contributed by atoms with van der Waals surface area (Å²) in [4.78, 5) is 26.9. The smallest absolute Gasteiger partial charge is 0.423 e. The van der Waals surface area contributed by atoms with Crippen molar-refractivity contribution < 1.29 is 19.1 Å². The van der Waals surface area contributed by atoms with Crippen LogP contribution in [0.15, 0.2) is 0 Å². The van der Waals surface area contributed by atoms with Gasteiger partial charge in [0.05, 0.1) is 13.2 Å². The molecule has 25 heavy (non-hydrogen) atoms. The van der Waals surface area contributed by atoms with E-state index in [2.05, 4.69) is 0 Å². The van der Waals surface area contributed by atoms with Crippen molar-refractivity contribution in [3.8, 4) is 6.19 Å². The van der Waals surface area contributed by atoms with E-state index in [1.165, 1.54) is 32.1 Å². The highest BCUT2D eigenvalue weighted by Crippen LogP contribution is 2.29. The molecular formula is C18H29N3O4. The summed E-state index contributed by atoms with van der Waals surface area (Å²) in [6, 6.07) is 0. The Balaban J connectivity index is 1.82. The van der Waals surface area contributed by atoms with Crippen molar-refractivity contribution >= 4 is 12.0 Å². The van der Waals surface area contributed by atoms with Crippen LogP contribution in [0.4, 0.5) is 4.79 Å². The second-order valence-corrected chi connectivity index (χ2v) is 6.83. The zero-order valence-corrected chi connectivity index (χ0v) is 15.1. The average molecular weight is 351 g/mol. The number of nitrogens with zero attached hydrogens (tertiary/aromatic N) is 3. The molecule has 2 aliphatic rings. The minimum absolute atomic E-state index is 0.190. The molecule has 1 heterocycles. The minimum Gasteiger partial charge on any atom is -0.445 e. The number of carbonyl (C=O) groups excluding carboxylic acids is 2. The second-order valence-electron chi connectivity index (χ2n) is 6.83. The number of hydrogen-bond acceptors (Lipinski definition) is 5. The fourth-order valence-electron chi connectivity index (χ4n) is 3.49. The Labute approximate surface area is 149 Å². The van der Waals surface area contributed by atoms with Gasteiger partial charge in [0.15, 0.2) is 6.19 Å². The Morgan fingerprint density at radius 2 is 1.96 bits per heavy atom. The molecule has 0 unspecified atom stereocenters. The highest BCUT2D eigenvalue weighted by Gasteiger charge is 2.26. The van der Waals surface area contributed by atoms with Gasteiger partial charge in [0.1, 0.15) is 12.6 Å². The van der Waals surface area contributed by atoms with Crippen molar-refractivity contribution in [1.29, 1.82) is 5.26 Å². The number of rotatable bonds is 6. The Kier molecular flexibility index (Phi) is 7.99. The standard InChI is InChI=1S/C18H29N3O4/c1-2-16(12-15-6-4-3-5-7-15)25-18(23)21(14-19)13-17(22)20-8-10-24-11-9-20/h15-16H,2-13H2,1H3/t16-/m0/s1. The van der Waals surface area contributed by atoms with Crippen LogP contribution in [0.3, 0.4) is 0 Å². The lowest BCUT2D eigenvalue weighted by atomic mass is 9.85. The molecule has 1 aliphatic heterocycles. The predicted molar refractivity (Wildman–Crippen MR) is 91.5 cm³/mol. The van der Waals surface area contributed by atoms with Gasteiger partial charge in [-0.25, -0.2) is 9.69 Å². The molecular weight excluding hydrogens is 322 g/mol. The van der Waals surface area contributed by atoms with Crippen LogP contribution in [0, 0.1) is 17.4 Å².